The number of carbonyl (C=O) groups is 1. The van der Waals surface area contributed by atoms with Gasteiger partial charge in [0.1, 0.15) is 28.9 Å². The average Bonchev–Trinajstić information content (AvgIpc) is 3.91. The van der Waals surface area contributed by atoms with Crippen LogP contribution < -0.4 is 18.9 Å². The van der Waals surface area contributed by atoms with Gasteiger partial charge < -0.3 is 43.6 Å². The Bertz CT molecular complexity index is 2500. The van der Waals surface area contributed by atoms with Crippen molar-refractivity contribution in [3.63, 3.8) is 0 Å². The van der Waals surface area contributed by atoms with Gasteiger partial charge in [-0.25, -0.2) is 0 Å². The first-order chi connectivity index (χ1) is 36.0. The van der Waals surface area contributed by atoms with Crippen molar-refractivity contribution >= 4 is 11.6 Å². The van der Waals surface area contributed by atoms with Crippen LogP contribution in [0.3, 0.4) is 0 Å². The number of amides is 1. The molecule has 2 heterocycles. The Morgan fingerprint density at radius 1 is 0.784 bits per heavy atom. The summed E-state index contributed by atoms with van der Waals surface area (Å²) in [4.78, 5) is 23.9. The molecule has 4 aromatic carbocycles. The van der Waals surface area contributed by atoms with E-state index in [1.807, 2.05) is 86.3 Å². The SMILES string of the molecule is C=CCOC12Oc3ccc(Oc4ccc(-c5ccccc5)cc4)cc3C3C(CCCCO)C(CCCCO)C=C(C(=NOC(C)(C)C)CC1N(Cc1ccc4c(c1)OCO4)C(=O)CCCCCCCCCCC)C32. The highest BCUT2D eigenvalue weighted by atomic mass is 16.7. The van der Waals surface area contributed by atoms with Crippen molar-refractivity contribution in [2.45, 2.75) is 167 Å². The molecule has 74 heavy (non-hydrogen) atoms. The van der Waals surface area contributed by atoms with Crippen molar-refractivity contribution in [1.82, 2.24) is 4.90 Å². The largest absolute Gasteiger partial charge is 0.459 e. The number of carbonyl (C=O) groups excluding carboxylic acids is 1. The smallest absolute Gasteiger partial charge is 0.239 e. The molecule has 0 saturated heterocycles. The number of oxime groups is 1. The highest BCUT2D eigenvalue weighted by Crippen LogP contribution is 2.62. The Morgan fingerprint density at radius 3 is 2.18 bits per heavy atom. The number of fused-ring (bicyclic) bond motifs is 3. The van der Waals surface area contributed by atoms with E-state index in [0.717, 1.165) is 78.5 Å². The van der Waals surface area contributed by atoms with Crippen LogP contribution in [0.2, 0.25) is 0 Å². The number of hydrogen-bond acceptors (Lipinski definition) is 10. The van der Waals surface area contributed by atoms with E-state index in [2.05, 4.69) is 49.9 Å². The van der Waals surface area contributed by atoms with Crippen molar-refractivity contribution in [3.8, 4) is 39.9 Å². The van der Waals surface area contributed by atoms with E-state index in [0.29, 0.717) is 54.4 Å². The van der Waals surface area contributed by atoms with Gasteiger partial charge in [-0.05, 0) is 129 Å². The van der Waals surface area contributed by atoms with Crippen LogP contribution >= 0.6 is 0 Å². The summed E-state index contributed by atoms with van der Waals surface area (Å²) in [6.45, 7) is 13.2. The molecule has 0 radical (unpaired) electrons. The summed E-state index contributed by atoms with van der Waals surface area (Å²) in [6, 6.07) is 29.9. The molecule has 8 rings (SSSR count). The number of aliphatic hydroxyl groups is 2. The Hall–Kier alpha value is -5.62. The number of nitrogens with zero attached hydrogens (tertiary/aromatic N) is 2. The lowest BCUT2D eigenvalue weighted by Crippen LogP contribution is -2.70. The maximum atomic E-state index is 15.4. The third kappa shape index (κ3) is 13.4. The van der Waals surface area contributed by atoms with Gasteiger partial charge >= 0.3 is 0 Å². The molecule has 0 aromatic heterocycles. The van der Waals surface area contributed by atoms with Crippen LogP contribution in [0.15, 0.2) is 120 Å². The molecule has 6 unspecified atom stereocenters. The summed E-state index contributed by atoms with van der Waals surface area (Å²) < 4.78 is 33.3. The molecule has 1 amide bonds. The Morgan fingerprint density at radius 2 is 1.46 bits per heavy atom. The van der Waals surface area contributed by atoms with Crippen LogP contribution in [-0.4, -0.2) is 70.8 Å². The number of unbranched alkanes of at least 4 members (excludes halogenated alkanes) is 10. The summed E-state index contributed by atoms with van der Waals surface area (Å²) in [5.74, 6) is 1.52. The zero-order valence-corrected chi connectivity index (χ0v) is 44.6. The number of rotatable bonds is 28. The van der Waals surface area contributed by atoms with E-state index in [1.54, 1.807) is 6.08 Å². The molecular weight excluding hydrogens is 929 g/mol. The van der Waals surface area contributed by atoms with Gasteiger partial charge in [-0.1, -0.05) is 137 Å². The second-order valence-electron chi connectivity index (χ2n) is 21.8. The highest BCUT2D eigenvalue weighted by molar-refractivity contribution is 6.03. The van der Waals surface area contributed by atoms with E-state index < -0.39 is 23.3 Å². The van der Waals surface area contributed by atoms with E-state index in [1.165, 1.54) is 38.5 Å². The third-order valence-corrected chi connectivity index (χ3v) is 15.3. The highest BCUT2D eigenvalue weighted by Gasteiger charge is 2.65. The Balaban J connectivity index is 1.25. The fourth-order valence-corrected chi connectivity index (χ4v) is 11.7. The van der Waals surface area contributed by atoms with Crippen LogP contribution in [0.25, 0.3) is 11.1 Å². The van der Waals surface area contributed by atoms with Gasteiger partial charge in [0, 0.05) is 44.1 Å². The molecule has 0 bridgehead atoms. The molecular formula is C63H82N2O9. The molecule has 2 aliphatic heterocycles. The quantitative estimate of drug-likeness (QED) is 0.0325. The molecule has 2 aliphatic carbocycles. The fourth-order valence-electron chi connectivity index (χ4n) is 11.7. The van der Waals surface area contributed by atoms with Gasteiger partial charge in [0.25, 0.3) is 0 Å². The number of ether oxygens (including phenoxy) is 5. The second-order valence-corrected chi connectivity index (χ2v) is 21.8. The first kappa shape index (κ1) is 54.6. The van der Waals surface area contributed by atoms with Crippen LogP contribution in [0.5, 0.6) is 28.7 Å². The van der Waals surface area contributed by atoms with Crippen LogP contribution in [0.1, 0.15) is 154 Å². The van der Waals surface area contributed by atoms with Gasteiger partial charge in [-0.2, -0.15) is 0 Å². The van der Waals surface area contributed by atoms with Gasteiger partial charge in [-0.15, -0.1) is 6.58 Å². The molecule has 4 aliphatic rings. The van der Waals surface area contributed by atoms with Gasteiger partial charge in [-0.3, -0.25) is 4.79 Å². The van der Waals surface area contributed by atoms with Gasteiger partial charge in [0.2, 0.25) is 18.5 Å². The predicted octanol–water partition coefficient (Wildman–Crippen LogP) is 14.3. The molecule has 6 atom stereocenters. The number of allylic oxidation sites excluding steroid dienone is 1. The van der Waals surface area contributed by atoms with E-state index in [-0.39, 0.29) is 56.8 Å². The van der Waals surface area contributed by atoms with Crippen molar-refractivity contribution in [1.29, 1.82) is 0 Å². The molecule has 11 nitrogen and oxygen atoms in total. The predicted molar refractivity (Wildman–Crippen MR) is 293 cm³/mol. The lowest BCUT2D eigenvalue weighted by molar-refractivity contribution is -0.258. The number of benzene rings is 4. The van der Waals surface area contributed by atoms with Crippen molar-refractivity contribution in [2.24, 2.45) is 22.9 Å². The normalized spacial score (nSPS) is 22.1. The summed E-state index contributed by atoms with van der Waals surface area (Å²) >= 11 is 0. The molecule has 11 heteroatoms. The molecule has 2 N–H and O–H groups in total. The maximum absolute atomic E-state index is 15.4. The average molecular weight is 1010 g/mol. The topological polar surface area (TPSA) is 129 Å². The van der Waals surface area contributed by atoms with Crippen LogP contribution in [0, 0.1) is 17.8 Å². The van der Waals surface area contributed by atoms with E-state index in [9.17, 15) is 10.2 Å². The molecule has 1 fully saturated rings. The minimum Gasteiger partial charge on any atom is -0.459 e. The van der Waals surface area contributed by atoms with Gasteiger partial charge in [0.15, 0.2) is 11.5 Å². The van der Waals surface area contributed by atoms with Crippen molar-refractivity contribution in [3.05, 3.63) is 126 Å². The van der Waals surface area contributed by atoms with Crippen LogP contribution in [-0.2, 0) is 20.9 Å². The minimum atomic E-state index is -1.40. The Labute approximate surface area is 440 Å². The van der Waals surface area contributed by atoms with E-state index >= 15 is 4.79 Å². The summed E-state index contributed by atoms with van der Waals surface area (Å²) in [6.07, 6.45) is 19.8. The fraction of sp³-hybridized carbons (Fsp3) is 0.524. The number of hydrogen-bond donors (Lipinski definition) is 2. The summed E-state index contributed by atoms with van der Waals surface area (Å²) in [5.41, 5.74) is 5.30. The molecule has 0 spiro atoms. The lowest BCUT2D eigenvalue weighted by atomic mass is 9.55. The Kier molecular flexibility index (Phi) is 19.4. The maximum Gasteiger partial charge on any atom is 0.239 e. The van der Waals surface area contributed by atoms with Gasteiger partial charge in [0.05, 0.1) is 18.2 Å². The zero-order chi connectivity index (χ0) is 51.9. The number of aliphatic hydroxyl groups excluding tert-OH is 2. The summed E-state index contributed by atoms with van der Waals surface area (Å²) in [5, 5.41) is 25.3. The summed E-state index contributed by atoms with van der Waals surface area (Å²) in [7, 11) is 0. The van der Waals surface area contributed by atoms with Crippen molar-refractivity contribution < 1.29 is 43.5 Å². The van der Waals surface area contributed by atoms with E-state index in [4.69, 9.17) is 33.7 Å². The third-order valence-electron chi connectivity index (χ3n) is 15.3. The zero-order valence-electron chi connectivity index (χ0n) is 44.6. The molecule has 1 saturated carbocycles. The first-order valence-corrected chi connectivity index (χ1v) is 27.8. The second kappa shape index (κ2) is 26.2. The first-order valence-electron chi connectivity index (χ1n) is 27.8. The lowest BCUT2D eigenvalue weighted by Gasteiger charge is -2.60. The van der Waals surface area contributed by atoms with Crippen molar-refractivity contribution in [2.75, 3.05) is 26.6 Å². The van der Waals surface area contributed by atoms with Crippen LogP contribution in [0.4, 0.5) is 0 Å². The monoisotopic (exact) mass is 1010 g/mol. The molecule has 398 valence electrons. The molecule has 4 aromatic rings. The standard InChI is InChI=1S/C63H82N2O9/c1-6-8-9-10-11-12-13-14-18-27-59(68)65(43-45-28-34-56-57(39-45)70-44-69-56)58-42-54(64-74-62(3,4)5)52-40-48(25-19-21-36-66)51(26-20-22-37-67)60-53-41-50(33-35-55(53)73-63(58,61(52)60)71-38-7-2)72-49-31-29-47(30-32-49)46-23-16-15-17-24-46/h7,15-17,23-24,28-35,39-41,48,51,58,60-61,66-67H,2,6,8-14,18-22,25-27,36-38,42-44H2,1,3-5H3. The minimum absolute atomic E-state index is 0.0193.